The van der Waals surface area contributed by atoms with Crippen LogP contribution in [0.5, 0.6) is 0 Å². The Balaban J connectivity index is 1.74. The third-order valence-electron chi connectivity index (χ3n) is 5.46. The standard InChI is InChI=1S/C20H28N4O/c1-3-18(24-13-7-12-22-24)19(25)21-16-20(10-14-23(2)15-11-20)17-8-5-4-6-9-17/h4-9,12-13,18H,3,10-11,14-16H2,1-2H3,(H,21,25)/t18-/m0/s1. The van der Waals surface area contributed by atoms with Crippen molar-refractivity contribution < 1.29 is 4.79 Å². The minimum atomic E-state index is -0.242. The summed E-state index contributed by atoms with van der Waals surface area (Å²) in [4.78, 5) is 15.1. The fourth-order valence-corrected chi connectivity index (χ4v) is 3.74. The van der Waals surface area contributed by atoms with Gasteiger partial charge in [-0.2, -0.15) is 5.10 Å². The van der Waals surface area contributed by atoms with Gasteiger partial charge in [0.25, 0.3) is 0 Å². The Morgan fingerprint density at radius 2 is 1.96 bits per heavy atom. The molecule has 0 unspecified atom stereocenters. The molecule has 1 aliphatic heterocycles. The molecular formula is C20H28N4O. The molecule has 3 rings (SSSR count). The van der Waals surface area contributed by atoms with E-state index in [0.29, 0.717) is 6.54 Å². The van der Waals surface area contributed by atoms with E-state index in [1.807, 2.05) is 19.2 Å². The van der Waals surface area contributed by atoms with E-state index in [4.69, 9.17) is 0 Å². The molecule has 1 aromatic heterocycles. The third-order valence-corrected chi connectivity index (χ3v) is 5.46. The lowest BCUT2D eigenvalue weighted by molar-refractivity contribution is -0.125. The number of hydrogen-bond donors (Lipinski definition) is 1. The minimum absolute atomic E-state index is 0.0197. The second-order valence-corrected chi connectivity index (χ2v) is 7.08. The van der Waals surface area contributed by atoms with Gasteiger partial charge < -0.3 is 10.2 Å². The van der Waals surface area contributed by atoms with Crippen LogP contribution in [-0.4, -0.2) is 47.3 Å². The van der Waals surface area contributed by atoms with E-state index < -0.39 is 0 Å². The van der Waals surface area contributed by atoms with E-state index in [0.717, 1.165) is 32.4 Å². The second kappa shape index (κ2) is 7.83. The van der Waals surface area contributed by atoms with Gasteiger partial charge in [0.05, 0.1) is 0 Å². The van der Waals surface area contributed by atoms with Crippen molar-refractivity contribution in [1.82, 2.24) is 20.0 Å². The lowest BCUT2D eigenvalue weighted by atomic mass is 9.72. The number of rotatable bonds is 6. The first-order chi connectivity index (χ1) is 12.1. The summed E-state index contributed by atoms with van der Waals surface area (Å²) in [6.07, 6.45) is 6.43. The number of hydrogen-bond acceptors (Lipinski definition) is 3. The van der Waals surface area contributed by atoms with E-state index in [1.54, 1.807) is 10.9 Å². The molecule has 1 fully saturated rings. The fraction of sp³-hybridized carbons (Fsp3) is 0.500. The highest BCUT2D eigenvalue weighted by Crippen LogP contribution is 2.34. The van der Waals surface area contributed by atoms with Gasteiger partial charge in [0, 0.05) is 24.4 Å². The van der Waals surface area contributed by atoms with Gasteiger partial charge in [-0.25, -0.2) is 0 Å². The van der Waals surface area contributed by atoms with Gasteiger partial charge in [-0.15, -0.1) is 0 Å². The highest BCUT2D eigenvalue weighted by Gasteiger charge is 2.36. The molecule has 25 heavy (non-hydrogen) atoms. The normalized spacial score (nSPS) is 18.6. The number of carbonyl (C=O) groups excluding carboxylic acids is 1. The average molecular weight is 340 g/mol. The summed E-state index contributed by atoms with van der Waals surface area (Å²) in [5.41, 5.74) is 1.35. The van der Waals surface area contributed by atoms with Crippen molar-refractivity contribution in [2.45, 2.75) is 37.6 Å². The van der Waals surface area contributed by atoms with Gasteiger partial charge in [0.2, 0.25) is 5.91 Å². The highest BCUT2D eigenvalue weighted by atomic mass is 16.2. The minimum Gasteiger partial charge on any atom is -0.353 e. The molecule has 5 heteroatoms. The highest BCUT2D eigenvalue weighted by molar-refractivity contribution is 5.80. The zero-order valence-corrected chi connectivity index (χ0v) is 15.2. The molecule has 5 nitrogen and oxygen atoms in total. The molecular weight excluding hydrogens is 312 g/mol. The molecule has 2 heterocycles. The SMILES string of the molecule is CC[C@@H](C(=O)NCC1(c2ccccc2)CCN(C)CC1)n1cccn1. The maximum atomic E-state index is 12.8. The summed E-state index contributed by atoms with van der Waals surface area (Å²) in [7, 11) is 2.17. The third kappa shape index (κ3) is 3.93. The molecule has 0 spiro atoms. The van der Waals surface area contributed by atoms with Gasteiger partial charge >= 0.3 is 0 Å². The lowest BCUT2D eigenvalue weighted by Crippen LogP contribution is -2.49. The molecule has 0 aliphatic carbocycles. The first-order valence-corrected chi connectivity index (χ1v) is 9.15. The predicted octanol–water partition coefficient (Wildman–Crippen LogP) is 2.61. The Kier molecular flexibility index (Phi) is 5.53. The summed E-state index contributed by atoms with van der Waals surface area (Å²) >= 11 is 0. The summed E-state index contributed by atoms with van der Waals surface area (Å²) in [5, 5.41) is 7.47. The molecule has 0 saturated carbocycles. The zero-order chi connectivity index (χ0) is 17.7. The molecule has 2 aromatic rings. The Labute approximate surface area is 150 Å². The number of benzene rings is 1. The molecule has 0 bridgehead atoms. The number of piperidine rings is 1. The van der Waals surface area contributed by atoms with Crippen LogP contribution >= 0.6 is 0 Å². The Bertz CT molecular complexity index is 660. The smallest absolute Gasteiger partial charge is 0.244 e. The number of nitrogens with zero attached hydrogens (tertiary/aromatic N) is 3. The van der Waals surface area contributed by atoms with Crippen molar-refractivity contribution in [2.75, 3.05) is 26.7 Å². The Hall–Kier alpha value is -2.14. The predicted molar refractivity (Wildman–Crippen MR) is 99.4 cm³/mol. The molecule has 0 radical (unpaired) electrons. The maximum absolute atomic E-state index is 12.8. The molecule has 1 atom stereocenters. The topological polar surface area (TPSA) is 50.2 Å². The van der Waals surface area contributed by atoms with E-state index in [1.165, 1.54) is 5.56 Å². The van der Waals surface area contributed by atoms with Crippen LogP contribution in [0.25, 0.3) is 0 Å². The van der Waals surface area contributed by atoms with Crippen molar-refractivity contribution in [3.8, 4) is 0 Å². The number of likely N-dealkylation sites (tertiary alicyclic amines) is 1. The van der Waals surface area contributed by atoms with Gasteiger partial charge in [-0.3, -0.25) is 9.48 Å². The van der Waals surface area contributed by atoms with E-state index in [-0.39, 0.29) is 17.4 Å². The number of nitrogens with one attached hydrogen (secondary N) is 1. The number of carbonyl (C=O) groups is 1. The molecule has 1 amide bonds. The van der Waals surface area contributed by atoms with E-state index in [2.05, 4.69) is 52.7 Å². The second-order valence-electron chi connectivity index (χ2n) is 7.08. The van der Waals surface area contributed by atoms with Gasteiger partial charge in [0.1, 0.15) is 6.04 Å². The Morgan fingerprint density at radius 3 is 2.56 bits per heavy atom. The quantitative estimate of drug-likeness (QED) is 0.879. The largest absolute Gasteiger partial charge is 0.353 e. The van der Waals surface area contributed by atoms with Crippen LogP contribution in [-0.2, 0) is 10.2 Å². The molecule has 1 aromatic carbocycles. The molecule has 1 saturated heterocycles. The van der Waals surface area contributed by atoms with Crippen molar-refractivity contribution >= 4 is 5.91 Å². The van der Waals surface area contributed by atoms with Crippen LogP contribution in [0.4, 0.5) is 0 Å². The molecule has 1 aliphatic rings. The first kappa shape index (κ1) is 17.7. The zero-order valence-electron chi connectivity index (χ0n) is 15.2. The van der Waals surface area contributed by atoms with Crippen LogP contribution in [0.1, 0.15) is 37.8 Å². The molecule has 1 N–H and O–H groups in total. The van der Waals surface area contributed by atoms with Gasteiger partial charge in [-0.05, 0) is 51.0 Å². The fourth-order valence-electron chi connectivity index (χ4n) is 3.74. The van der Waals surface area contributed by atoms with Crippen LogP contribution in [0.2, 0.25) is 0 Å². The van der Waals surface area contributed by atoms with Crippen LogP contribution in [0.15, 0.2) is 48.8 Å². The number of aromatic nitrogens is 2. The summed E-state index contributed by atoms with van der Waals surface area (Å²) in [5.74, 6) is 0.0560. The van der Waals surface area contributed by atoms with Gasteiger partial charge in [-0.1, -0.05) is 37.3 Å². The van der Waals surface area contributed by atoms with Crippen molar-refractivity contribution in [2.24, 2.45) is 0 Å². The van der Waals surface area contributed by atoms with E-state index in [9.17, 15) is 4.79 Å². The number of amides is 1. The van der Waals surface area contributed by atoms with Crippen molar-refractivity contribution in [1.29, 1.82) is 0 Å². The van der Waals surface area contributed by atoms with Crippen LogP contribution in [0, 0.1) is 0 Å². The maximum Gasteiger partial charge on any atom is 0.244 e. The average Bonchev–Trinajstić information content (AvgIpc) is 3.17. The van der Waals surface area contributed by atoms with Crippen LogP contribution < -0.4 is 5.32 Å². The monoisotopic (exact) mass is 340 g/mol. The van der Waals surface area contributed by atoms with Gasteiger partial charge in [0.15, 0.2) is 0 Å². The van der Waals surface area contributed by atoms with Crippen molar-refractivity contribution in [3.05, 3.63) is 54.4 Å². The van der Waals surface area contributed by atoms with E-state index >= 15 is 0 Å². The summed E-state index contributed by atoms with van der Waals surface area (Å²) in [6.45, 7) is 4.82. The summed E-state index contributed by atoms with van der Waals surface area (Å²) in [6, 6.07) is 12.2. The summed E-state index contributed by atoms with van der Waals surface area (Å²) < 4.78 is 1.75. The lowest BCUT2D eigenvalue weighted by Gasteiger charge is -2.41. The van der Waals surface area contributed by atoms with Crippen molar-refractivity contribution in [3.63, 3.8) is 0 Å². The molecule has 134 valence electrons. The Morgan fingerprint density at radius 1 is 1.24 bits per heavy atom. The van der Waals surface area contributed by atoms with Crippen LogP contribution in [0.3, 0.4) is 0 Å². The first-order valence-electron chi connectivity index (χ1n) is 9.15.